The number of nitrogens with zero attached hydrogens (tertiary/aromatic N) is 5. The molecule has 1 aromatic heterocycles. The Balaban J connectivity index is 1.41. The highest BCUT2D eigenvalue weighted by Gasteiger charge is 2.52. The summed E-state index contributed by atoms with van der Waals surface area (Å²) in [6, 6.07) is 2.07. The maximum Gasteiger partial charge on any atom is 0.303 e. The summed E-state index contributed by atoms with van der Waals surface area (Å²) in [5.74, 6) is 1.56. The van der Waals surface area contributed by atoms with Crippen molar-refractivity contribution in [1.82, 2.24) is 14.9 Å². The number of fused-ring (bicyclic) bond motifs is 1. The molecular weight excluding hydrogens is 456 g/mol. The topological polar surface area (TPSA) is 129 Å². The maximum absolute atomic E-state index is 11.8. The number of piperazine rings is 1. The van der Waals surface area contributed by atoms with Crippen LogP contribution in [0.4, 0.5) is 11.8 Å². The van der Waals surface area contributed by atoms with E-state index < -0.39 is 5.60 Å². The molecule has 6 atom stereocenters. The molecule has 0 spiro atoms. The molecule has 36 heavy (non-hydrogen) atoms. The molecule has 1 saturated heterocycles. The predicted molar refractivity (Wildman–Crippen MR) is 138 cm³/mol. The van der Waals surface area contributed by atoms with Crippen LogP contribution in [-0.2, 0) is 9.53 Å². The zero-order valence-corrected chi connectivity index (χ0v) is 22.2. The van der Waals surface area contributed by atoms with E-state index in [-0.39, 0.29) is 29.7 Å². The maximum atomic E-state index is 11.8. The van der Waals surface area contributed by atoms with Gasteiger partial charge < -0.3 is 20.5 Å². The van der Waals surface area contributed by atoms with Gasteiger partial charge in [0.15, 0.2) is 0 Å². The van der Waals surface area contributed by atoms with Crippen LogP contribution in [0.1, 0.15) is 58.2 Å². The van der Waals surface area contributed by atoms with Crippen molar-refractivity contribution >= 4 is 17.7 Å². The van der Waals surface area contributed by atoms with Crippen molar-refractivity contribution in [3.05, 3.63) is 22.9 Å². The number of ether oxygens (including phenoxy) is 1. The second-order valence-corrected chi connectivity index (χ2v) is 11.1. The molecule has 0 aromatic carbocycles. The molecule has 3 N–H and O–H groups in total. The molecule has 0 bridgehead atoms. The minimum Gasteiger partial charge on any atom is -0.458 e. The summed E-state index contributed by atoms with van der Waals surface area (Å²) in [6.07, 6.45) is 4.41. The van der Waals surface area contributed by atoms with Crippen molar-refractivity contribution < 1.29 is 14.6 Å². The van der Waals surface area contributed by atoms with E-state index in [9.17, 15) is 15.2 Å². The fourth-order valence-electron chi connectivity index (χ4n) is 6.53. The summed E-state index contributed by atoms with van der Waals surface area (Å²) >= 11 is 0. The Morgan fingerprint density at radius 2 is 2.00 bits per heavy atom. The van der Waals surface area contributed by atoms with Gasteiger partial charge in [-0.2, -0.15) is 10.2 Å². The number of aliphatic hydroxyl groups is 1. The number of nitrogens with two attached hydrogens (primary N) is 1. The molecule has 4 rings (SSSR count). The summed E-state index contributed by atoms with van der Waals surface area (Å²) in [6.45, 7) is 14.0. The van der Waals surface area contributed by atoms with Crippen molar-refractivity contribution in [3.63, 3.8) is 0 Å². The third-order valence-electron chi connectivity index (χ3n) is 8.75. The number of esters is 1. The summed E-state index contributed by atoms with van der Waals surface area (Å²) in [4.78, 5) is 25.1. The van der Waals surface area contributed by atoms with E-state index >= 15 is 0 Å². The van der Waals surface area contributed by atoms with Crippen LogP contribution in [0.25, 0.3) is 0 Å². The molecule has 1 aliphatic heterocycles. The molecule has 9 heteroatoms. The Morgan fingerprint density at radius 3 is 2.61 bits per heavy atom. The number of carbonyl (C=O) groups is 1. The van der Waals surface area contributed by atoms with Gasteiger partial charge in [0.1, 0.15) is 23.6 Å². The Morgan fingerprint density at radius 1 is 1.31 bits per heavy atom. The van der Waals surface area contributed by atoms with E-state index in [1.807, 2.05) is 6.92 Å². The molecule has 1 aromatic rings. The van der Waals surface area contributed by atoms with Crippen LogP contribution in [0.5, 0.6) is 0 Å². The lowest BCUT2D eigenvalue weighted by Crippen LogP contribution is -2.56. The molecular formula is C27H40N6O3. The van der Waals surface area contributed by atoms with Gasteiger partial charge in [-0.15, -0.1) is 0 Å². The second kappa shape index (κ2) is 10.3. The average Bonchev–Trinajstić information content (AvgIpc) is 2.81. The quantitative estimate of drug-likeness (QED) is 0.467. The lowest BCUT2D eigenvalue weighted by Gasteiger charge is -2.53. The number of nitrogen functional groups attached to an aromatic ring is 1. The van der Waals surface area contributed by atoms with Gasteiger partial charge >= 0.3 is 5.97 Å². The van der Waals surface area contributed by atoms with Gasteiger partial charge in [0, 0.05) is 52.0 Å². The molecule has 0 radical (unpaired) electrons. The third-order valence-corrected chi connectivity index (χ3v) is 8.75. The van der Waals surface area contributed by atoms with Crippen LogP contribution in [0.15, 0.2) is 11.6 Å². The van der Waals surface area contributed by atoms with E-state index in [0.29, 0.717) is 35.5 Å². The highest BCUT2D eigenvalue weighted by molar-refractivity contribution is 5.66. The number of aryl methyl sites for hydroxylation is 1. The van der Waals surface area contributed by atoms with Crippen molar-refractivity contribution in [2.75, 3.05) is 43.4 Å². The summed E-state index contributed by atoms with van der Waals surface area (Å²) in [5.41, 5.74) is 7.14. The first-order valence-corrected chi connectivity index (χ1v) is 13.1. The van der Waals surface area contributed by atoms with Gasteiger partial charge in [0.2, 0.25) is 5.95 Å². The van der Waals surface area contributed by atoms with Gasteiger partial charge in [-0.3, -0.25) is 9.69 Å². The monoisotopic (exact) mass is 496 g/mol. The van der Waals surface area contributed by atoms with Crippen molar-refractivity contribution in [2.45, 2.75) is 65.6 Å². The number of hydrogen-bond acceptors (Lipinski definition) is 9. The zero-order chi connectivity index (χ0) is 26.2. The van der Waals surface area contributed by atoms with E-state index in [4.69, 9.17) is 10.5 Å². The average molecular weight is 497 g/mol. The molecule has 9 nitrogen and oxygen atoms in total. The number of rotatable bonds is 5. The fraction of sp³-hybridized carbons (Fsp3) is 0.704. The standard InChI is InChI=1S/C27H40N6O3/c1-16-12-23-21(7-6-18(3)27(23,35)13-24(16)36-20(5)34)17(2)15-32-8-10-33(11-9-32)26-30-19(4)22(14-28)25(29)31-26/h12,17-18,21,23-24,35H,6-11,13,15H2,1-5H3,(H2,29,30,31)/t17?,18-,21+,23-,24-,27-/m1/s1. The largest absolute Gasteiger partial charge is 0.458 e. The molecule has 1 saturated carbocycles. The fourth-order valence-corrected chi connectivity index (χ4v) is 6.53. The predicted octanol–water partition coefficient (Wildman–Crippen LogP) is 2.67. The molecule has 0 amide bonds. The summed E-state index contributed by atoms with van der Waals surface area (Å²) in [5, 5.41) is 21.1. The van der Waals surface area contributed by atoms with Crippen LogP contribution in [0, 0.1) is 41.9 Å². The molecule has 2 aliphatic carbocycles. The smallest absolute Gasteiger partial charge is 0.303 e. The first-order chi connectivity index (χ1) is 17.0. The normalized spacial score (nSPS) is 31.7. The van der Waals surface area contributed by atoms with Crippen LogP contribution in [-0.4, -0.2) is 70.4 Å². The van der Waals surface area contributed by atoms with E-state index in [2.05, 4.69) is 45.8 Å². The van der Waals surface area contributed by atoms with Crippen LogP contribution in [0.3, 0.4) is 0 Å². The van der Waals surface area contributed by atoms with E-state index in [0.717, 1.165) is 51.1 Å². The first kappa shape index (κ1) is 26.4. The Labute approximate surface area is 214 Å². The Bertz CT molecular complexity index is 1040. The van der Waals surface area contributed by atoms with Crippen molar-refractivity contribution in [3.8, 4) is 6.07 Å². The number of anilines is 2. The third kappa shape index (κ3) is 5.07. The first-order valence-electron chi connectivity index (χ1n) is 13.1. The van der Waals surface area contributed by atoms with Gasteiger partial charge in [0.05, 0.1) is 11.3 Å². The van der Waals surface area contributed by atoms with Gasteiger partial charge in [-0.1, -0.05) is 19.9 Å². The molecule has 1 unspecified atom stereocenters. The SMILES string of the molecule is CC(=O)O[C@@H]1C[C@@]2(O)[C@H](C)CC[C@@H](C(C)CN3CCN(c4nc(C)c(C#N)c(N)n4)CC3)[C@H]2C=C1C. The molecule has 2 fully saturated rings. The van der Waals surface area contributed by atoms with Crippen LogP contribution >= 0.6 is 0 Å². The minimum absolute atomic E-state index is 0.0716. The summed E-state index contributed by atoms with van der Waals surface area (Å²) < 4.78 is 5.54. The van der Waals surface area contributed by atoms with E-state index in [1.54, 1.807) is 6.92 Å². The zero-order valence-electron chi connectivity index (χ0n) is 22.2. The van der Waals surface area contributed by atoms with Crippen LogP contribution < -0.4 is 10.6 Å². The second-order valence-electron chi connectivity index (χ2n) is 11.1. The highest BCUT2D eigenvalue weighted by atomic mass is 16.5. The summed E-state index contributed by atoms with van der Waals surface area (Å²) in [7, 11) is 0. The molecule has 2 heterocycles. The number of carbonyl (C=O) groups excluding carboxylic acids is 1. The van der Waals surface area contributed by atoms with Crippen molar-refractivity contribution in [1.29, 1.82) is 5.26 Å². The lowest BCUT2D eigenvalue weighted by molar-refractivity contribution is -0.159. The minimum atomic E-state index is -0.847. The highest BCUT2D eigenvalue weighted by Crippen LogP contribution is 2.51. The Hall–Kier alpha value is -2.70. The number of hydrogen-bond donors (Lipinski definition) is 2. The molecule has 3 aliphatic rings. The number of nitriles is 1. The van der Waals surface area contributed by atoms with Gasteiger partial charge in [0.25, 0.3) is 0 Å². The molecule has 196 valence electrons. The van der Waals surface area contributed by atoms with Gasteiger partial charge in [-0.05, 0) is 50.0 Å². The van der Waals surface area contributed by atoms with E-state index in [1.165, 1.54) is 6.92 Å². The van der Waals surface area contributed by atoms with Crippen molar-refractivity contribution in [2.24, 2.45) is 23.7 Å². The number of aromatic nitrogens is 2. The lowest BCUT2D eigenvalue weighted by atomic mass is 9.57. The van der Waals surface area contributed by atoms with Crippen LogP contribution in [0.2, 0.25) is 0 Å². The van der Waals surface area contributed by atoms with Gasteiger partial charge in [-0.25, -0.2) is 4.98 Å². The Kier molecular flexibility index (Phi) is 7.58.